The maximum Gasteiger partial charge on any atom is 0.343 e. The molecule has 2 aromatic rings. The molecule has 1 heterocycles. The first kappa shape index (κ1) is 17.4. The summed E-state index contributed by atoms with van der Waals surface area (Å²) < 4.78 is 10.3. The number of amides is 1. The van der Waals surface area contributed by atoms with Crippen molar-refractivity contribution < 1.29 is 24.0 Å². The second-order valence-electron chi connectivity index (χ2n) is 5.51. The first-order chi connectivity index (χ1) is 12.5. The lowest BCUT2D eigenvalue weighted by Gasteiger charge is -2.28. The smallest absolute Gasteiger partial charge is 0.343 e. The van der Waals surface area contributed by atoms with Gasteiger partial charge in [-0.3, -0.25) is 14.9 Å². The van der Waals surface area contributed by atoms with Gasteiger partial charge in [-0.15, -0.1) is 0 Å². The zero-order chi connectivity index (χ0) is 18.7. The van der Waals surface area contributed by atoms with Crippen LogP contribution in [0.15, 0.2) is 42.5 Å². The molecule has 0 bridgehead atoms. The molecule has 0 spiro atoms. The summed E-state index contributed by atoms with van der Waals surface area (Å²) in [4.78, 5) is 35.7. The van der Waals surface area contributed by atoms with Crippen molar-refractivity contribution in [3.63, 3.8) is 0 Å². The van der Waals surface area contributed by atoms with E-state index in [1.807, 2.05) is 0 Å². The molecule has 0 aromatic heterocycles. The van der Waals surface area contributed by atoms with E-state index in [-0.39, 0.29) is 35.2 Å². The van der Waals surface area contributed by atoms with Crippen LogP contribution in [0.4, 0.5) is 17.1 Å². The maximum absolute atomic E-state index is 12.2. The molecule has 0 unspecified atom stereocenters. The molecule has 0 saturated carbocycles. The fourth-order valence-electron chi connectivity index (χ4n) is 2.50. The van der Waals surface area contributed by atoms with Crippen LogP contribution in [0.1, 0.15) is 10.4 Å². The molecule has 134 valence electrons. The molecule has 1 aliphatic heterocycles. The van der Waals surface area contributed by atoms with Gasteiger partial charge < -0.3 is 20.1 Å². The van der Waals surface area contributed by atoms with Gasteiger partial charge in [-0.25, -0.2) is 4.79 Å². The second-order valence-corrected chi connectivity index (χ2v) is 5.51. The van der Waals surface area contributed by atoms with E-state index in [9.17, 15) is 19.7 Å². The molecule has 1 fully saturated rings. The quantitative estimate of drug-likeness (QED) is 0.290. The van der Waals surface area contributed by atoms with Crippen LogP contribution in [0.5, 0.6) is 5.75 Å². The first-order valence-electron chi connectivity index (χ1n) is 7.70. The van der Waals surface area contributed by atoms with Crippen molar-refractivity contribution in [3.05, 3.63) is 58.1 Å². The number of rotatable bonds is 4. The van der Waals surface area contributed by atoms with E-state index in [1.165, 1.54) is 41.3 Å². The van der Waals surface area contributed by atoms with Crippen molar-refractivity contribution in [1.82, 2.24) is 0 Å². The van der Waals surface area contributed by atoms with Crippen molar-refractivity contribution in [2.75, 3.05) is 30.4 Å². The number of morpholine rings is 1. The number of hydrogen-bond acceptors (Lipinski definition) is 7. The lowest BCUT2D eigenvalue weighted by molar-refractivity contribution is -0.384. The molecule has 2 N–H and O–H groups in total. The number of nitrogens with two attached hydrogens (primary N) is 1. The average Bonchev–Trinajstić information content (AvgIpc) is 2.63. The molecule has 0 radical (unpaired) electrons. The summed E-state index contributed by atoms with van der Waals surface area (Å²) in [5, 5.41) is 10.6. The van der Waals surface area contributed by atoms with Crippen LogP contribution in [0.3, 0.4) is 0 Å². The number of nitrogens with zero attached hydrogens (tertiary/aromatic N) is 2. The Morgan fingerprint density at radius 1 is 1.23 bits per heavy atom. The number of non-ortho nitro benzene ring substituents is 1. The third kappa shape index (κ3) is 3.62. The van der Waals surface area contributed by atoms with E-state index in [1.54, 1.807) is 6.07 Å². The Bertz CT molecular complexity index is 865. The van der Waals surface area contributed by atoms with Gasteiger partial charge in [0.1, 0.15) is 12.4 Å². The Morgan fingerprint density at radius 3 is 2.58 bits per heavy atom. The van der Waals surface area contributed by atoms with Gasteiger partial charge in [-0.1, -0.05) is 0 Å². The first-order valence-corrected chi connectivity index (χ1v) is 7.70. The van der Waals surface area contributed by atoms with Gasteiger partial charge in [0.25, 0.3) is 11.6 Å². The van der Waals surface area contributed by atoms with Gasteiger partial charge in [0, 0.05) is 18.7 Å². The lowest BCUT2D eigenvalue weighted by Crippen LogP contribution is -2.42. The summed E-state index contributed by atoms with van der Waals surface area (Å²) in [5.74, 6) is -0.693. The Morgan fingerprint density at radius 2 is 1.96 bits per heavy atom. The predicted octanol–water partition coefficient (Wildman–Crippen LogP) is 1.76. The summed E-state index contributed by atoms with van der Waals surface area (Å²) in [6.07, 6.45) is 0. The second kappa shape index (κ2) is 7.19. The van der Waals surface area contributed by atoms with E-state index >= 15 is 0 Å². The highest BCUT2D eigenvalue weighted by molar-refractivity contribution is 5.99. The number of esters is 1. The van der Waals surface area contributed by atoms with E-state index in [4.69, 9.17) is 15.2 Å². The highest BCUT2D eigenvalue weighted by Crippen LogP contribution is 2.26. The number of ether oxygens (including phenoxy) is 2. The molecule has 1 saturated heterocycles. The van der Waals surface area contributed by atoms with Crippen LogP contribution >= 0.6 is 0 Å². The highest BCUT2D eigenvalue weighted by atomic mass is 16.6. The van der Waals surface area contributed by atoms with Gasteiger partial charge >= 0.3 is 5.97 Å². The lowest BCUT2D eigenvalue weighted by atomic mass is 10.1. The van der Waals surface area contributed by atoms with E-state index in [0.29, 0.717) is 18.8 Å². The average molecular weight is 357 g/mol. The molecule has 0 aliphatic carbocycles. The number of nitrogen functional groups attached to an aromatic ring is 1. The fourth-order valence-corrected chi connectivity index (χ4v) is 2.50. The molecule has 26 heavy (non-hydrogen) atoms. The Labute approximate surface area is 148 Å². The highest BCUT2D eigenvalue weighted by Gasteiger charge is 2.22. The number of carbonyl (C=O) groups is 2. The minimum Gasteiger partial charge on any atom is -0.423 e. The van der Waals surface area contributed by atoms with Crippen LogP contribution in [0.2, 0.25) is 0 Å². The minimum atomic E-state index is -0.662. The number of anilines is 2. The molecule has 2 aromatic carbocycles. The normalized spacial score (nSPS) is 14.2. The molecule has 9 nitrogen and oxygen atoms in total. The van der Waals surface area contributed by atoms with Crippen molar-refractivity contribution in [2.24, 2.45) is 0 Å². The van der Waals surface area contributed by atoms with E-state index < -0.39 is 10.9 Å². The molecular formula is C17H15N3O6. The van der Waals surface area contributed by atoms with Crippen LogP contribution in [-0.4, -0.2) is 36.6 Å². The van der Waals surface area contributed by atoms with Crippen molar-refractivity contribution in [1.29, 1.82) is 0 Å². The monoisotopic (exact) mass is 357 g/mol. The van der Waals surface area contributed by atoms with Crippen LogP contribution < -0.4 is 15.4 Å². The zero-order valence-electron chi connectivity index (χ0n) is 13.6. The van der Waals surface area contributed by atoms with Gasteiger partial charge in [-0.2, -0.15) is 0 Å². The van der Waals surface area contributed by atoms with Crippen LogP contribution in [0.25, 0.3) is 0 Å². The predicted molar refractivity (Wildman–Crippen MR) is 92.1 cm³/mol. The fraction of sp³-hybridized carbons (Fsp3) is 0.176. The number of benzene rings is 2. The van der Waals surface area contributed by atoms with Gasteiger partial charge in [0.05, 0.1) is 28.5 Å². The molecule has 9 heteroatoms. The summed E-state index contributed by atoms with van der Waals surface area (Å²) in [6.45, 7) is 0.786. The topological polar surface area (TPSA) is 125 Å². The van der Waals surface area contributed by atoms with Crippen LogP contribution in [0, 0.1) is 10.1 Å². The number of nitro groups is 1. The summed E-state index contributed by atoms with van der Waals surface area (Å²) in [6, 6.07) is 9.65. The summed E-state index contributed by atoms with van der Waals surface area (Å²) >= 11 is 0. The number of carbonyl (C=O) groups excluding carboxylic acids is 2. The number of nitro benzene ring substituents is 1. The Balaban J connectivity index is 1.74. The SMILES string of the molecule is Nc1cc(C(=O)Oc2ccc([N+](=O)[O-])cc2)ccc1N1CCOCC1=O. The molecule has 1 amide bonds. The van der Waals surface area contributed by atoms with Crippen molar-refractivity contribution in [2.45, 2.75) is 0 Å². The van der Waals surface area contributed by atoms with Crippen molar-refractivity contribution in [3.8, 4) is 5.75 Å². The zero-order valence-corrected chi connectivity index (χ0v) is 13.6. The standard InChI is InChI=1S/C17H15N3O6/c18-14-9-11(1-6-15(14)19-7-8-25-10-16(19)21)17(22)26-13-4-2-12(3-5-13)20(23)24/h1-6,9H,7-8,10,18H2. The number of hydrogen-bond donors (Lipinski definition) is 1. The Kier molecular flexibility index (Phi) is 4.81. The third-order valence-corrected chi connectivity index (χ3v) is 3.80. The van der Waals surface area contributed by atoms with Crippen molar-refractivity contribution >= 4 is 28.9 Å². The molecule has 3 rings (SSSR count). The molecular weight excluding hydrogens is 342 g/mol. The summed E-state index contributed by atoms with van der Waals surface area (Å²) in [5.41, 5.74) is 6.84. The van der Waals surface area contributed by atoms with Gasteiger partial charge in [0.2, 0.25) is 0 Å². The summed E-state index contributed by atoms with van der Waals surface area (Å²) in [7, 11) is 0. The maximum atomic E-state index is 12.2. The van der Waals surface area contributed by atoms with Crippen LogP contribution in [-0.2, 0) is 9.53 Å². The third-order valence-electron chi connectivity index (χ3n) is 3.80. The van der Waals surface area contributed by atoms with Gasteiger partial charge in [-0.05, 0) is 30.3 Å². The Hall–Kier alpha value is -3.46. The molecule has 1 aliphatic rings. The largest absolute Gasteiger partial charge is 0.423 e. The van der Waals surface area contributed by atoms with Gasteiger partial charge in [0.15, 0.2) is 0 Å². The van der Waals surface area contributed by atoms with E-state index in [0.717, 1.165) is 0 Å². The minimum absolute atomic E-state index is 0.0105. The molecule has 0 atom stereocenters. The van der Waals surface area contributed by atoms with E-state index in [2.05, 4.69) is 0 Å².